The number of hydrogen-bond donors (Lipinski definition) is 1. The van der Waals surface area contributed by atoms with Crippen LogP contribution in [0.4, 0.5) is 0 Å². The van der Waals surface area contributed by atoms with E-state index in [9.17, 15) is 0 Å². The standard InChI is InChI=1S/C13H19BrN2/c1-3-7-15-8-9-16(2)11-12-5-4-6-13(14)10-12/h3-6,10,15H,1,7-9,11H2,2H3. The second-order valence-electron chi connectivity index (χ2n) is 3.86. The van der Waals surface area contributed by atoms with Crippen LogP contribution in [0.5, 0.6) is 0 Å². The highest BCUT2D eigenvalue weighted by Crippen LogP contribution is 2.12. The van der Waals surface area contributed by atoms with Crippen molar-refractivity contribution in [1.82, 2.24) is 10.2 Å². The first-order valence-electron chi connectivity index (χ1n) is 5.47. The van der Waals surface area contributed by atoms with Gasteiger partial charge in [-0.25, -0.2) is 0 Å². The highest BCUT2D eigenvalue weighted by molar-refractivity contribution is 9.10. The van der Waals surface area contributed by atoms with Gasteiger partial charge >= 0.3 is 0 Å². The molecular weight excluding hydrogens is 264 g/mol. The Balaban J connectivity index is 2.28. The van der Waals surface area contributed by atoms with Gasteiger partial charge in [-0.1, -0.05) is 34.1 Å². The third-order valence-corrected chi connectivity index (χ3v) is 2.79. The van der Waals surface area contributed by atoms with Gasteiger partial charge in [-0.15, -0.1) is 6.58 Å². The van der Waals surface area contributed by atoms with Crippen molar-refractivity contribution < 1.29 is 0 Å². The van der Waals surface area contributed by atoms with Gasteiger partial charge in [0.1, 0.15) is 0 Å². The number of nitrogens with one attached hydrogen (secondary N) is 1. The summed E-state index contributed by atoms with van der Waals surface area (Å²) in [5.41, 5.74) is 1.33. The summed E-state index contributed by atoms with van der Waals surface area (Å²) in [7, 11) is 2.14. The van der Waals surface area contributed by atoms with Gasteiger partial charge in [0.15, 0.2) is 0 Å². The van der Waals surface area contributed by atoms with Gasteiger partial charge in [-0.3, -0.25) is 0 Å². The van der Waals surface area contributed by atoms with E-state index in [4.69, 9.17) is 0 Å². The van der Waals surface area contributed by atoms with Crippen LogP contribution >= 0.6 is 15.9 Å². The first-order valence-corrected chi connectivity index (χ1v) is 6.26. The van der Waals surface area contributed by atoms with E-state index in [1.54, 1.807) is 0 Å². The van der Waals surface area contributed by atoms with Gasteiger partial charge in [0.05, 0.1) is 0 Å². The van der Waals surface area contributed by atoms with Gasteiger partial charge in [-0.05, 0) is 24.7 Å². The minimum atomic E-state index is 0.880. The van der Waals surface area contributed by atoms with Crippen molar-refractivity contribution in [3.63, 3.8) is 0 Å². The van der Waals surface area contributed by atoms with E-state index < -0.39 is 0 Å². The minimum absolute atomic E-state index is 0.880. The van der Waals surface area contributed by atoms with Crippen LogP contribution in [0.15, 0.2) is 41.4 Å². The molecule has 0 atom stereocenters. The quantitative estimate of drug-likeness (QED) is 0.611. The molecule has 0 aliphatic carbocycles. The third-order valence-electron chi connectivity index (χ3n) is 2.30. The summed E-state index contributed by atoms with van der Waals surface area (Å²) in [6.07, 6.45) is 1.88. The normalized spacial score (nSPS) is 10.7. The molecule has 1 aromatic carbocycles. The maximum absolute atomic E-state index is 3.67. The lowest BCUT2D eigenvalue weighted by Crippen LogP contribution is -2.28. The molecule has 1 N–H and O–H groups in total. The van der Waals surface area contributed by atoms with Crippen LogP contribution in [0, 0.1) is 0 Å². The Morgan fingerprint density at radius 1 is 1.50 bits per heavy atom. The molecule has 1 rings (SSSR count). The lowest BCUT2D eigenvalue weighted by molar-refractivity contribution is 0.326. The van der Waals surface area contributed by atoms with Crippen molar-refractivity contribution in [1.29, 1.82) is 0 Å². The highest BCUT2D eigenvalue weighted by atomic mass is 79.9. The smallest absolute Gasteiger partial charge is 0.0231 e. The average Bonchev–Trinajstić information content (AvgIpc) is 2.24. The fourth-order valence-electron chi connectivity index (χ4n) is 1.50. The summed E-state index contributed by atoms with van der Waals surface area (Å²) in [4.78, 5) is 2.30. The molecule has 0 unspecified atom stereocenters. The van der Waals surface area contributed by atoms with E-state index >= 15 is 0 Å². The Morgan fingerprint density at radius 2 is 2.31 bits per heavy atom. The van der Waals surface area contributed by atoms with Crippen molar-refractivity contribution >= 4 is 15.9 Å². The lowest BCUT2D eigenvalue weighted by atomic mass is 10.2. The summed E-state index contributed by atoms with van der Waals surface area (Å²) in [5.74, 6) is 0. The molecular formula is C13H19BrN2. The number of halogens is 1. The number of likely N-dealkylation sites (N-methyl/N-ethyl adjacent to an activating group) is 1. The van der Waals surface area contributed by atoms with E-state index in [2.05, 4.69) is 64.0 Å². The fraction of sp³-hybridized carbons (Fsp3) is 0.385. The largest absolute Gasteiger partial charge is 0.312 e. The van der Waals surface area contributed by atoms with Crippen molar-refractivity contribution in [2.45, 2.75) is 6.54 Å². The molecule has 0 aliphatic rings. The van der Waals surface area contributed by atoms with E-state index in [-0.39, 0.29) is 0 Å². The van der Waals surface area contributed by atoms with Crippen molar-refractivity contribution in [3.05, 3.63) is 47.0 Å². The zero-order valence-electron chi connectivity index (χ0n) is 9.75. The fourth-order valence-corrected chi connectivity index (χ4v) is 1.95. The predicted octanol–water partition coefficient (Wildman–Crippen LogP) is 2.66. The maximum Gasteiger partial charge on any atom is 0.0231 e. The Labute approximate surface area is 106 Å². The number of nitrogens with zero attached hydrogens (tertiary/aromatic N) is 1. The molecule has 88 valence electrons. The van der Waals surface area contributed by atoms with Crippen molar-refractivity contribution in [2.75, 3.05) is 26.7 Å². The Bertz CT molecular complexity index is 325. The molecule has 0 heterocycles. The topological polar surface area (TPSA) is 15.3 Å². The van der Waals surface area contributed by atoms with Crippen LogP contribution in [0.2, 0.25) is 0 Å². The predicted molar refractivity (Wildman–Crippen MR) is 73.5 cm³/mol. The van der Waals surface area contributed by atoms with E-state index in [1.807, 2.05) is 6.08 Å². The number of benzene rings is 1. The summed E-state index contributed by atoms with van der Waals surface area (Å²) in [5, 5.41) is 3.29. The SMILES string of the molecule is C=CCNCCN(C)Cc1cccc(Br)c1. The zero-order chi connectivity index (χ0) is 11.8. The summed E-state index contributed by atoms with van der Waals surface area (Å²) in [6, 6.07) is 8.43. The van der Waals surface area contributed by atoms with Crippen LogP contribution in [0.25, 0.3) is 0 Å². The van der Waals surface area contributed by atoms with Crippen LogP contribution in [-0.4, -0.2) is 31.6 Å². The van der Waals surface area contributed by atoms with Gasteiger partial charge in [0, 0.05) is 30.7 Å². The number of rotatable bonds is 7. The zero-order valence-corrected chi connectivity index (χ0v) is 11.3. The van der Waals surface area contributed by atoms with Gasteiger partial charge in [-0.2, -0.15) is 0 Å². The molecule has 0 aliphatic heterocycles. The van der Waals surface area contributed by atoms with Crippen molar-refractivity contribution in [2.24, 2.45) is 0 Å². The molecule has 1 aromatic rings. The molecule has 0 saturated carbocycles. The lowest BCUT2D eigenvalue weighted by Gasteiger charge is -2.16. The van der Waals surface area contributed by atoms with Crippen LogP contribution in [0.3, 0.4) is 0 Å². The molecule has 16 heavy (non-hydrogen) atoms. The Hall–Kier alpha value is -0.640. The minimum Gasteiger partial charge on any atom is -0.312 e. The van der Waals surface area contributed by atoms with Gasteiger partial charge < -0.3 is 10.2 Å². The van der Waals surface area contributed by atoms with Crippen LogP contribution in [0.1, 0.15) is 5.56 Å². The summed E-state index contributed by atoms with van der Waals surface area (Å²) < 4.78 is 1.14. The van der Waals surface area contributed by atoms with Crippen LogP contribution in [-0.2, 0) is 6.54 Å². The molecule has 0 bridgehead atoms. The Kier molecular flexibility index (Phi) is 6.38. The van der Waals surface area contributed by atoms with E-state index in [1.165, 1.54) is 5.56 Å². The van der Waals surface area contributed by atoms with E-state index in [0.29, 0.717) is 0 Å². The highest BCUT2D eigenvalue weighted by Gasteiger charge is 1.99. The second kappa shape index (κ2) is 7.60. The first-order chi connectivity index (χ1) is 7.72. The monoisotopic (exact) mass is 282 g/mol. The van der Waals surface area contributed by atoms with Gasteiger partial charge in [0.2, 0.25) is 0 Å². The van der Waals surface area contributed by atoms with E-state index in [0.717, 1.165) is 30.7 Å². The maximum atomic E-state index is 3.67. The van der Waals surface area contributed by atoms with Crippen molar-refractivity contribution in [3.8, 4) is 0 Å². The molecule has 0 fully saturated rings. The summed E-state index contributed by atoms with van der Waals surface area (Å²) in [6.45, 7) is 7.57. The Morgan fingerprint density at radius 3 is 3.00 bits per heavy atom. The summed E-state index contributed by atoms with van der Waals surface area (Å²) >= 11 is 3.48. The molecule has 0 saturated heterocycles. The second-order valence-corrected chi connectivity index (χ2v) is 4.78. The molecule has 0 amide bonds. The van der Waals surface area contributed by atoms with Gasteiger partial charge in [0.25, 0.3) is 0 Å². The first kappa shape index (κ1) is 13.4. The number of hydrogen-bond acceptors (Lipinski definition) is 2. The molecule has 0 aromatic heterocycles. The molecule has 0 radical (unpaired) electrons. The molecule has 3 heteroatoms. The average molecular weight is 283 g/mol. The molecule has 2 nitrogen and oxygen atoms in total. The third kappa shape index (κ3) is 5.45. The van der Waals surface area contributed by atoms with Crippen LogP contribution < -0.4 is 5.32 Å². The molecule has 0 spiro atoms.